The Kier molecular flexibility index (Phi) is 4.23. The summed E-state index contributed by atoms with van der Waals surface area (Å²) in [5.41, 5.74) is 2.62. The molecule has 1 aromatic rings. The Hall–Kier alpha value is -1.43. The zero-order valence-electron chi connectivity index (χ0n) is 8.59. The third kappa shape index (κ3) is 3.32. The SMILES string of the molecule is CCC(=O)Nc1n[c]sc1NC(=O)CC. The van der Waals surface area contributed by atoms with Crippen LogP contribution < -0.4 is 10.6 Å². The summed E-state index contributed by atoms with van der Waals surface area (Å²) in [6.07, 6.45) is 0.762. The van der Waals surface area contributed by atoms with Gasteiger partial charge in [-0.3, -0.25) is 9.59 Å². The minimum absolute atomic E-state index is 0.111. The van der Waals surface area contributed by atoms with Crippen molar-refractivity contribution in [1.82, 2.24) is 4.98 Å². The average Bonchev–Trinajstić information content (AvgIpc) is 2.65. The molecule has 15 heavy (non-hydrogen) atoms. The molecule has 0 aliphatic carbocycles. The van der Waals surface area contributed by atoms with Gasteiger partial charge in [-0.05, 0) is 0 Å². The van der Waals surface area contributed by atoms with Crippen LogP contribution in [-0.4, -0.2) is 16.8 Å². The number of thiazole rings is 1. The van der Waals surface area contributed by atoms with Crippen molar-refractivity contribution in [2.75, 3.05) is 10.6 Å². The summed E-state index contributed by atoms with van der Waals surface area (Å²) < 4.78 is 0. The molecular weight excluding hydrogens is 214 g/mol. The number of aromatic nitrogens is 1. The van der Waals surface area contributed by atoms with Crippen molar-refractivity contribution in [3.05, 3.63) is 5.51 Å². The van der Waals surface area contributed by atoms with Crippen LogP contribution in [0.3, 0.4) is 0 Å². The molecule has 0 bridgehead atoms. The van der Waals surface area contributed by atoms with Gasteiger partial charge in [0.2, 0.25) is 11.8 Å². The monoisotopic (exact) mass is 226 g/mol. The second-order valence-corrected chi connectivity index (χ2v) is 3.58. The highest BCUT2D eigenvalue weighted by molar-refractivity contribution is 7.14. The van der Waals surface area contributed by atoms with E-state index < -0.39 is 0 Å². The highest BCUT2D eigenvalue weighted by Crippen LogP contribution is 2.24. The molecule has 5 nitrogen and oxygen atoms in total. The van der Waals surface area contributed by atoms with Gasteiger partial charge in [-0.15, -0.1) is 0 Å². The Morgan fingerprint density at radius 2 is 1.87 bits per heavy atom. The second kappa shape index (κ2) is 5.45. The standard InChI is InChI=1S/C9H12N3O2S/c1-3-6(13)11-8-9(15-5-10-8)12-7(14)4-2/h3-4H2,1-2H3,(H,11,13)(H,12,14). The molecule has 0 aliphatic rings. The molecule has 0 saturated heterocycles. The van der Waals surface area contributed by atoms with Crippen LogP contribution in [0.4, 0.5) is 10.8 Å². The van der Waals surface area contributed by atoms with Crippen LogP contribution in [0, 0.1) is 5.51 Å². The Balaban J connectivity index is 2.69. The molecule has 0 fully saturated rings. The molecule has 0 saturated carbocycles. The van der Waals surface area contributed by atoms with E-state index in [-0.39, 0.29) is 11.8 Å². The number of hydrogen-bond acceptors (Lipinski definition) is 4. The van der Waals surface area contributed by atoms with Gasteiger partial charge in [0.15, 0.2) is 11.3 Å². The Bertz CT molecular complexity index is 329. The fourth-order valence-corrected chi connectivity index (χ4v) is 1.40. The summed E-state index contributed by atoms with van der Waals surface area (Å²) in [6.45, 7) is 3.50. The Morgan fingerprint density at radius 1 is 1.27 bits per heavy atom. The molecule has 0 aliphatic heterocycles. The quantitative estimate of drug-likeness (QED) is 0.819. The van der Waals surface area contributed by atoms with Crippen LogP contribution in [-0.2, 0) is 9.59 Å². The van der Waals surface area contributed by atoms with Gasteiger partial charge in [0.05, 0.1) is 0 Å². The number of amides is 2. The lowest BCUT2D eigenvalue weighted by Crippen LogP contribution is -2.14. The third-order valence-electron chi connectivity index (χ3n) is 1.67. The van der Waals surface area contributed by atoms with E-state index in [2.05, 4.69) is 21.1 Å². The number of carbonyl (C=O) groups is 2. The predicted molar refractivity (Wildman–Crippen MR) is 58.8 cm³/mol. The van der Waals surface area contributed by atoms with Crippen LogP contribution in [0.1, 0.15) is 26.7 Å². The van der Waals surface area contributed by atoms with Crippen molar-refractivity contribution in [2.24, 2.45) is 0 Å². The molecule has 0 spiro atoms. The molecule has 1 aromatic heterocycles. The van der Waals surface area contributed by atoms with Gasteiger partial charge in [-0.1, -0.05) is 25.2 Å². The van der Waals surface area contributed by atoms with Crippen molar-refractivity contribution in [1.29, 1.82) is 0 Å². The van der Waals surface area contributed by atoms with E-state index in [9.17, 15) is 9.59 Å². The van der Waals surface area contributed by atoms with E-state index >= 15 is 0 Å². The lowest BCUT2D eigenvalue weighted by atomic mass is 10.4. The molecule has 81 valence electrons. The second-order valence-electron chi connectivity index (χ2n) is 2.79. The summed E-state index contributed by atoms with van der Waals surface area (Å²) in [7, 11) is 0. The van der Waals surface area contributed by atoms with Crippen LogP contribution in [0.2, 0.25) is 0 Å². The van der Waals surface area contributed by atoms with Gasteiger partial charge < -0.3 is 10.6 Å². The zero-order chi connectivity index (χ0) is 11.3. The van der Waals surface area contributed by atoms with Crippen LogP contribution in [0.25, 0.3) is 0 Å². The van der Waals surface area contributed by atoms with E-state index in [0.29, 0.717) is 23.7 Å². The maximum Gasteiger partial charge on any atom is 0.225 e. The number of hydrogen-bond donors (Lipinski definition) is 2. The summed E-state index contributed by atoms with van der Waals surface area (Å²) in [5.74, 6) is 0.120. The van der Waals surface area contributed by atoms with Crippen molar-refractivity contribution in [3.8, 4) is 0 Å². The summed E-state index contributed by atoms with van der Waals surface area (Å²) >= 11 is 1.16. The molecule has 1 heterocycles. The molecule has 0 unspecified atom stereocenters. The highest BCUT2D eigenvalue weighted by Gasteiger charge is 2.10. The first-order valence-corrected chi connectivity index (χ1v) is 5.45. The van der Waals surface area contributed by atoms with Crippen molar-refractivity contribution >= 4 is 34.0 Å². The van der Waals surface area contributed by atoms with E-state index in [1.165, 1.54) is 0 Å². The van der Waals surface area contributed by atoms with Crippen LogP contribution in [0.5, 0.6) is 0 Å². The molecule has 1 radical (unpaired) electrons. The number of nitrogens with zero attached hydrogens (tertiary/aromatic N) is 1. The lowest BCUT2D eigenvalue weighted by Gasteiger charge is -2.04. The highest BCUT2D eigenvalue weighted by atomic mass is 32.1. The number of rotatable bonds is 4. The first-order chi connectivity index (χ1) is 7.17. The molecule has 2 N–H and O–H groups in total. The van der Waals surface area contributed by atoms with Gasteiger partial charge in [-0.2, -0.15) is 0 Å². The van der Waals surface area contributed by atoms with Crippen molar-refractivity contribution in [2.45, 2.75) is 26.7 Å². The van der Waals surface area contributed by atoms with E-state index in [0.717, 1.165) is 11.3 Å². The van der Waals surface area contributed by atoms with Crippen LogP contribution in [0.15, 0.2) is 0 Å². The molecule has 0 aromatic carbocycles. The zero-order valence-corrected chi connectivity index (χ0v) is 9.40. The smallest absolute Gasteiger partial charge is 0.225 e. The number of nitrogens with one attached hydrogen (secondary N) is 2. The maximum absolute atomic E-state index is 11.1. The molecule has 1 rings (SSSR count). The van der Waals surface area contributed by atoms with Gasteiger partial charge in [0.1, 0.15) is 5.00 Å². The van der Waals surface area contributed by atoms with E-state index in [1.807, 2.05) is 0 Å². The first kappa shape index (κ1) is 11.6. The minimum atomic E-state index is -0.138. The van der Waals surface area contributed by atoms with Crippen molar-refractivity contribution < 1.29 is 9.59 Å². The molecular formula is C9H12N3O2S. The molecule has 6 heteroatoms. The summed E-state index contributed by atoms with van der Waals surface area (Å²) in [4.78, 5) is 26.1. The Morgan fingerprint density at radius 3 is 2.47 bits per heavy atom. The molecule has 0 atom stereocenters. The molecule has 2 amide bonds. The minimum Gasteiger partial charge on any atom is -0.315 e. The fraction of sp³-hybridized carbons (Fsp3) is 0.444. The topological polar surface area (TPSA) is 71.1 Å². The van der Waals surface area contributed by atoms with Crippen LogP contribution >= 0.6 is 11.3 Å². The van der Waals surface area contributed by atoms with Gasteiger partial charge >= 0.3 is 0 Å². The maximum atomic E-state index is 11.1. The normalized spacial score (nSPS) is 9.73. The summed E-state index contributed by atoms with van der Waals surface area (Å²) in [5, 5.41) is 5.76. The van der Waals surface area contributed by atoms with Gasteiger partial charge in [0, 0.05) is 12.8 Å². The lowest BCUT2D eigenvalue weighted by molar-refractivity contribution is -0.116. The summed E-state index contributed by atoms with van der Waals surface area (Å²) in [6, 6.07) is 0. The largest absolute Gasteiger partial charge is 0.315 e. The van der Waals surface area contributed by atoms with Crippen molar-refractivity contribution in [3.63, 3.8) is 0 Å². The van der Waals surface area contributed by atoms with Gasteiger partial charge in [-0.25, -0.2) is 4.98 Å². The van der Waals surface area contributed by atoms with E-state index in [4.69, 9.17) is 0 Å². The fourth-order valence-electron chi connectivity index (χ4n) is 0.818. The first-order valence-electron chi connectivity index (χ1n) is 4.64. The predicted octanol–water partition coefficient (Wildman–Crippen LogP) is 1.64. The van der Waals surface area contributed by atoms with Gasteiger partial charge in [0.25, 0.3) is 0 Å². The third-order valence-corrected chi connectivity index (χ3v) is 2.36. The number of carbonyl (C=O) groups excluding carboxylic acids is 2. The van der Waals surface area contributed by atoms with E-state index in [1.54, 1.807) is 13.8 Å². The average molecular weight is 226 g/mol. The number of anilines is 2. The Labute approximate surface area is 91.9 Å².